The van der Waals surface area contributed by atoms with Crippen LogP contribution in [0.5, 0.6) is 0 Å². The van der Waals surface area contributed by atoms with Crippen molar-refractivity contribution < 1.29 is 4.79 Å². The van der Waals surface area contributed by atoms with Gasteiger partial charge in [0.1, 0.15) is 0 Å². The van der Waals surface area contributed by atoms with E-state index in [0.717, 1.165) is 31.6 Å². The zero-order chi connectivity index (χ0) is 15.5. The molecule has 21 heavy (non-hydrogen) atoms. The van der Waals surface area contributed by atoms with Crippen LogP contribution in [0.2, 0.25) is 5.02 Å². The monoisotopic (exact) mass is 328 g/mol. The highest BCUT2D eigenvalue weighted by atomic mass is 35.5. The van der Waals surface area contributed by atoms with E-state index in [1.54, 1.807) is 12.1 Å². The standard InChI is InChI=1S/C16H25ClN2OS/c1-3-18-15-9-8-13(17)12-14(15)16(20)19-10-6-4-5-7-11-21-2/h8-9,12,18H,3-7,10-11H2,1-2H3,(H,19,20). The highest BCUT2D eigenvalue weighted by Crippen LogP contribution is 2.20. The Bertz CT molecular complexity index is 440. The Labute approximate surface area is 137 Å². The molecule has 0 saturated carbocycles. The lowest BCUT2D eigenvalue weighted by atomic mass is 10.1. The molecule has 1 aromatic rings. The highest BCUT2D eigenvalue weighted by molar-refractivity contribution is 7.98. The van der Waals surface area contributed by atoms with Crippen LogP contribution in [-0.2, 0) is 0 Å². The number of rotatable bonds is 10. The summed E-state index contributed by atoms with van der Waals surface area (Å²) in [5.74, 6) is 1.17. The Hall–Kier alpha value is -0.870. The van der Waals surface area contributed by atoms with Gasteiger partial charge in [-0.25, -0.2) is 0 Å². The van der Waals surface area contributed by atoms with Crippen LogP contribution in [0.15, 0.2) is 18.2 Å². The number of anilines is 1. The van der Waals surface area contributed by atoms with Gasteiger partial charge in [-0.15, -0.1) is 0 Å². The minimum Gasteiger partial charge on any atom is -0.385 e. The van der Waals surface area contributed by atoms with Gasteiger partial charge in [-0.3, -0.25) is 4.79 Å². The van der Waals surface area contributed by atoms with Crippen LogP contribution >= 0.6 is 23.4 Å². The van der Waals surface area contributed by atoms with E-state index < -0.39 is 0 Å². The minimum atomic E-state index is -0.0578. The van der Waals surface area contributed by atoms with Crippen molar-refractivity contribution in [3.63, 3.8) is 0 Å². The maximum atomic E-state index is 12.2. The fraction of sp³-hybridized carbons (Fsp3) is 0.562. The van der Waals surface area contributed by atoms with Crippen molar-refractivity contribution in [2.75, 3.05) is 30.4 Å². The molecule has 1 aromatic carbocycles. The van der Waals surface area contributed by atoms with Crippen LogP contribution in [0.4, 0.5) is 5.69 Å². The summed E-state index contributed by atoms with van der Waals surface area (Å²) >= 11 is 7.87. The molecule has 0 spiro atoms. The third-order valence-electron chi connectivity index (χ3n) is 3.15. The second-order valence-corrected chi connectivity index (χ2v) is 6.31. The second-order valence-electron chi connectivity index (χ2n) is 4.88. The predicted octanol–water partition coefficient (Wildman–Crippen LogP) is 4.43. The number of unbranched alkanes of at least 4 members (excludes halogenated alkanes) is 3. The Morgan fingerprint density at radius 3 is 2.71 bits per heavy atom. The molecule has 0 aromatic heterocycles. The fourth-order valence-electron chi connectivity index (χ4n) is 2.07. The predicted molar refractivity (Wildman–Crippen MR) is 94.8 cm³/mol. The molecule has 0 saturated heterocycles. The van der Waals surface area contributed by atoms with Crippen molar-refractivity contribution >= 4 is 35.0 Å². The number of carbonyl (C=O) groups excluding carboxylic acids is 1. The lowest BCUT2D eigenvalue weighted by Gasteiger charge is -2.11. The quantitative estimate of drug-likeness (QED) is 0.624. The molecule has 0 bridgehead atoms. The molecule has 0 aliphatic rings. The summed E-state index contributed by atoms with van der Waals surface area (Å²) in [4.78, 5) is 12.2. The molecule has 3 nitrogen and oxygen atoms in total. The fourth-order valence-corrected chi connectivity index (χ4v) is 2.74. The number of hydrogen-bond acceptors (Lipinski definition) is 3. The Morgan fingerprint density at radius 1 is 1.24 bits per heavy atom. The summed E-state index contributed by atoms with van der Waals surface area (Å²) in [6.45, 7) is 3.50. The van der Waals surface area contributed by atoms with Crippen molar-refractivity contribution in [3.8, 4) is 0 Å². The molecular formula is C16H25ClN2OS. The molecule has 1 rings (SSSR count). The van der Waals surface area contributed by atoms with E-state index >= 15 is 0 Å². The van der Waals surface area contributed by atoms with Crippen LogP contribution in [0.3, 0.4) is 0 Å². The van der Waals surface area contributed by atoms with E-state index in [0.29, 0.717) is 10.6 Å². The van der Waals surface area contributed by atoms with E-state index in [-0.39, 0.29) is 5.91 Å². The summed E-state index contributed by atoms with van der Waals surface area (Å²) in [6.07, 6.45) is 6.81. The van der Waals surface area contributed by atoms with Crippen LogP contribution in [0.1, 0.15) is 43.0 Å². The van der Waals surface area contributed by atoms with Gasteiger partial charge >= 0.3 is 0 Å². The van der Waals surface area contributed by atoms with Gasteiger partial charge in [-0.2, -0.15) is 11.8 Å². The van der Waals surface area contributed by atoms with E-state index in [1.165, 1.54) is 18.6 Å². The number of hydrogen-bond donors (Lipinski definition) is 2. The molecule has 0 atom stereocenters. The van der Waals surface area contributed by atoms with Gasteiger partial charge in [0.2, 0.25) is 0 Å². The maximum absolute atomic E-state index is 12.2. The van der Waals surface area contributed by atoms with Gasteiger partial charge in [0.25, 0.3) is 5.91 Å². The van der Waals surface area contributed by atoms with Crippen molar-refractivity contribution in [2.45, 2.75) is 32.6 Å². The normalized spacial score (nSPS) is 10.4. The topological polar surface area (TPSA) is 41.1 Å². The Balaban J connectivity index is 2.39. The Morgan fingerprint density at radius 2 is 2.00 bits per heavy atom. The van der Waals surface area contributed by atoms with Crippen molar-refractivity contribution in [3.05, 3.63) is 28.8 Å². The second kappa shape index (κ2) is 10.8. The average molecular weight is 329 g/mol. The summed E-state index contributed by atoms with van der Waals surface area (Å²) in [7, 11) is 0. The molecule has 0 aliphatic carbocycles. The van der Waals surface area contributed by atoms with Gasteiger partial charge in [0.15, 0.2) is 0 Å². The van der Waals surface area contributed by atoms with Crippen LogP contribution in [-0.4, -0.2) is 31.0 Å². The molecule has 2 N–H and O–H groups in total. The lowest BCUT2D eigenvalue weighted by Crippen LogP contribution is -2.25. The summed E-state index contributed by atoms with van der Waals surface area (Å²) in [5.41, 5.74) is 1.45. The largest absolute Gasteiger partial charge is 0.385 e. The van der Waals surface area contributed by atoms with Gasteiger partial charge in [-0.1, -0.05) is 24.4 Å². The lowest BCUT2D eigenvalue weighted by molar-refractivity contribution is 0.0953. The van der Waals surface area contributed by atoms with Gasteiger partial charge in [0, 0.05) is 23.8 Å². The molecule has 0 radical (unpaired) electrons. The molecule has 1 amide bonds. The van der Waals surface area contributed by atoms with Crippen molar-refractivity contribution in [2.24, 2.45) is 0 Å². The van der Waals surface area contributed by atoms with E-state index in [9.17, 15) is 4.79 Å². The zero-order valence-electron chi connectivity index (χ0n) is 12.9. The van der Waals surface area contributed by atoms with E-state index in [4.69, 9.17) is 11.6 Å². The number of amides is 1. The molecule has 118 valence electrons. The maximum Gasteiger partial charge on any atom is 0.253 e. The first-order valence-corrected chi connectivity index (χ1v) is 9.26. The molecule has 5 heteroatoms. The van der Waals surface area contributed by atoms with E-state index in [1.807, 2.05) is 24.8 Å². The van der Waals surface area contributed by atoms with Crippen LogP contribution < -0.4 is 10.6 Å². The Kier molecular flexibility index (Phi) is 9.35. The third kappa shape index (κ3) is 7.09. The molecule has 0 unspecified atom stereocenters. The average Bonchev–Trinajstić information content (AvgIpc) is 2.48. The molecule has 0 aliphatic heterocycles. The summed E-state index contributed by atoms with van der Waals surface area (Å²) in [5, 5.41) is 6.74. The first kappa shape index (κ1) is 18.2. The van der Waals surface area contributed by atoms with Gasteiger partial charge < -0.3 is 10.6 Å². The first-order chi connectivity index (χ1) is 10.2. The van der Waals surface area contributed by atoms with E-state index in [2.05, 4.69) is 16.9 Å². The molecular weight excluding hydrogens is 304 g/mol. The zero-order valence-corrected chi connectivity index (χ0v) is 14.4. The molecule has 0 fully saturated rings. The smallest absolute Gasteiger partial charge is 0.253 e. The third-order valence-corrected chi connectivity index (χ3v) is 4.09. The summed E-state index contributed by atoms with van der Waals surface area (Å²) in [6, 6.07) is 5.36. The summed E-state index contributed by atoms with van der Waals surface area (Å²) < 4.78 is 0. The first-order valence-electron chi connectivity index (χ1n) is 7.49. The number of nitrogens with one attached hydrogen (secondary N) is 2. The van der Waals surface area contributed by atoms with Gasteiger partial charge in [-0.05, 0) is 50.0 Å². The van der Waals surface area contributed by atoms with Crippen molar-refractivity contribution in [1.29, 1.82) is 0 Å². The SMILES string of the molecule is CCNc1ccc(Cl)cc1C(=O)NCCCCCCSC. The number of carbonyl (C=O) groups is 1. The highest BCUT2D eigenvalue weighted by Gasteiger charge is 2.11. The number of thioether (sulfide) groups is 1. The number of benzene rings is 1. The van der Waals surface area contributed by atoms with Crippen LogP contribution in [0.25, 0.3) is 0 Å². The number of halogens is 1. The van der Waals surface area contributed by atoms with Crippen LogP contribution in [0, 0.1) is 0 Å². The minimum absolute atomic E-state index is 0.0578. The molecule has 0 heterocycles. The van der Waals surface area contributed by atoms with Crippen molar-refractivity contribution in [1.82, 2.24) is 5.32 Å². The van der Waals surface area contributed by atoms with Gasteiger partial charge in [0.05, 0.1) is 5.56 Å².